The quantitative estimate of drug-likeness (QED) is 0.722. The highest BCUT2D eigenvalue weighted by Gasteiger charge is 1.99. The molecule has 0 spiro atoms. The first-order valence-electron chi connectivity index (χ1n) is 4.73. The van der Waals surface area contributed by atoms with Gasteiger partial charge in [-0.1, -0.05) is 11.6 Å². The molecule has 0 aliphatic heterocycles. The number of anilines is 1. The fourth-order valence-electron chi connectivity index (χ4n) is 1.00. The topological polar surface area (TPSA) is 36.1 Å². The Morgan fingerprint density at radius 1 is 1.19 bits per heavy atom. The van der Waals surface area contributed by atoms with Crippen LogP contribution in [-0.4, -0.2) is 16.8 Å². The van der Waals surface area contributed by atoms with Crippen LogP contribution in [0, 0.1) is 0 Å². The molecule has 0 amide bonds. The van der Waals surface area contributed by atoms with Crippen LogP contribution in [-0.2, 0) is 0 Å². The number of rotatable bonds is 2. The second-order valence-electron chi connectivity index (χ2n) is 2.95. The van der Waals surface area contributed by atoms with Crippen LogP contribution >= 0.6 is 36.0 Å². The average molecular weight is 274 g/mol. The van der Waals surface area contributed by atoms with E-state index in [9.17, 15) is 0 Å². The molecule has 1 aromatic rings. The Bertz CT molecular complexity index is 378. The maximum absolute atomic E-state index is 5.77. The Hall–Kier alpha value is -0.910. The zero-order chi connectivity index (χ0) is 12.0. The third kappa shape index (κ3) is 4.74. The first kappa shape index (κ1) is 13.2. The molecule has 0 fully saturated rings. The summed E-state index contributed by atoms with van der Waals surface area (Å²) < 4.78 is 0. The first-order valence-corrected chi connectivity index (χ1v) is 5.92. The molecule has 0 heterocycles. The third-order valence-corrected chi connectivity index (χ3v) is 2.37. The van der Waals surface area contributed by atoms with E-state index in [0.29, 0.717) is 15.2 Å². The van der Waals surface area contributed by atoms with Gasteiger partial charge in [-0.2, -0.15) is 0 Å². The molecule has 16 heavy (non-hydrogen) atoms. The summed E-state index contributed by atoms with van der Waals surface area (Å²) in [7, 11) is 0. The van der Waals surface area contributed by atoms with Crippen LogP contribution < -0.4 is 16.0 Å². The SMILES string of the molecule is CCNC(=S)NC(=S)Nc1ccc(Cl)cc1. The van der Waals surface area contributed by atoms with Gasteiger partial charge in [-0.3, -0.25) is 0 Å². The highest BCUT2D eigenvalue weighted by molar-refractivity contribution is 7.82. The number of hydrogen-bond acceptors (Lipinski definition) is 2. The van der Waals surface area contributed by atoms with Crippen LogP contribution in [0.1, 0.15) is 6.92 Å². The van der Waals surface area contributed by atoms with Gasteiger partial charge in [0.05, 0.1) is 0 Å². The molecule has 0 bridgehead atoms. The van der Waals surface area contributed by atoms with Crippen molar-refractivity contribution in [1.29, 1.82) is 0 Å². The summed E-state index contributed by atoms with van der Waals surface area (Å²) in [6.07, 6.45) is 0. The predicted octanol–water partition coefficient (Wildman–Crippen LogP) is 2.52. The number of benzene rings is 1. The summed E-state index contributed by atoms with van der Waals surface area (Å²) in [5.41, 5.74) is 0.862. The van der Waals surface area contributed by atoms with E-state index in [4.69, 9.17) is 36.0 Å². The summed E-state index contributed by atoms with van der Waals surface area (Å²) >= 11 is 15.8. The molecule has 0 unspecified atom stereocenters. The highest BCUT2D eigenvalue weighted by Crippen LogP contribution is 2.12. The van der Waals surface area contributed by atoms with Crippen molar-refractivity contribution < 1.29 is 0 Å². The molecule has 6 heteroatoms. The van der Waals surface area contributed by atoms with Gasteiger partial charge in [0, 0.05) is 17.3 Å². The van der Waals surface area contributed by atoms with Gasteiger partial charge in [-0.05, 0) is 55.6 Å². The molecule has 0 saturated heterocycles. The minimum atomic E-state index is 0.452. The Morgan fingerprint density at radius 2 is 1.81 bits per heavy atom. The second kappa shape index (κ2) is 6.62. The lowest BCUT2D eigenvalue weighted by molar-refractivity contribution is 0.958. The fraction of sp³-hybridized carbons (Fsp3) is 0.200. The van der Waals surface area contributed by atoms with E-state index in [2.05, 4.69) is 16.0 Å². The standard InChI is InChI=1S/C10H12ClN3S2/c1-2-12-9(15)14-10(16)13-8-5-3-7(11)4-6-8/h3-6H,2H2,1H3,(H3,12,13,14,15,16). The molecule has 1 aromatic carbocycles. The molecule has 1 rings (SSSR count). The number of nitrogens with one attached hydrogen (secondary N) is 3. The van der Waals surface area contributed by atoms with Gasteiger partial charge in [0.15, 0.2) is 10.2 Å². The highest BCUT2D eigenvalue weighted by atomic mass is 35.5. The Balaban J connectivity index is 2.45. The molecule has 0 aliphatic carbocycles. The van der Waals surface area contributed by atoms with E-state index in [1.807, 2.05) is 19.1 Å². The Labute approximate surface area is 111 Å². The van der Waals surface area contributed by atoms with Gasteiger partial charge in [0.25, 0.3) is 0 Å². The third-order valence-electron chi connectivity index (χ3n) is 1.67. The van der Waals surface area contributed by atoms with Crippen LogP contribution in [0.3, 0.4) is 0 Å². The fourth-order valence-corrected chi connectivity index (χ4v) is 1.66. The van der Waals surface area contributed by atoms with E-state index >= 15 is 0 Å². The molecule has 3 nitrogen and oxygen atoms in total. The maximum Gasteiger partial charge on any atom is 0.177 e. The van der Waals surface area contributed by atoms with E-state index in [1.54, 1.807) is 12.1 Å². The average Bonchev–Trinajstić information content (AvgIpc) is 2.21. The molecule has 3 N–H and O–H groups in total. The maximum atomic E-state index is 5.77. The van der Waals surface area contributed by atoms with E-state index < -0.39 is 0 Å². The van der Waals surface area contributed by atoms with Crippen molar-refractivity contribution in [3.63, 3.8) is 0 Å². The number of halogens is 1. The molecule has 0 atom stereocenters. The zero-order valence-corrected chi connectivity index (χ0v) is 11.1. The zero-order valence-electron chi connectivity index (χ0n) is 8.71. The van der Waals surface area contributed by atoms with Gasteiger partial charge in [-0.15, -0.1) is 0 Å². The molecule has 0 saturated carbocycles. The van der Waals surface area contributed by atoms with Gasteiger partial charge >= 0.3 is 0 Å². The van der Waals surface area contributed by atoms with Crippen molar-refractivity contribution in [2.45, 2.75) is 6.92 Å². The van der Waals surface area contributed by atoms with Crippen LogP contribution in [0.2, 0.25) is 5.02 Å². The summed E-state index contributed by atoms with van der Waals surface area (Å²) in [5, 5.41) is 10.4. The van der Waals surface area contributed by atoms with Crippen LogP contribution in [0.5, 0.6) is 0 Å². The van der Waals surface area contributed by atoms with E-state index in [-0.39, 0.29) is 0 Å². The predicted molar refractivity (Wildman–Crippen MR) is 77.1 cm³/mol. The molecule has 0 aliphatic rings. The lowest BCUT2D eigenvalue weighted by atomic mass is 10.3. The minimum absolute atomic E-state index is 0.452. The van der Waals surface area contributed by atoms with Gasteiger partial charge in [0.2, 0.25) is 0 Å². The van der Waals surface area contributed by atoms with Crippen molar-refractivity contribution in [2.75, 3.05) is 11.9 Å². The molecule has 0 radical (unpaired) electrons. The Morgan fingerprint density at radius 3 is 2.38 bits per heavy atom. The second-order valence-corrected chi connectivity index (χ2v) is 4.20. The van der Waals surface area contributed by atoms with Crippen LogP contribution in [0.4, 0.5) is 5.69 Å². The van der Waals surface area contributed by atoms with Crippen LogP contribution in [0.15, 0.2) is 24.3 Å². The number of hydrogen-bond donors (Lipinski definition) is 3. The lowest BCUT2D eigenvalue weighted by Gasteiger charge is -2.11. The monoisotopic (exact) mass is 273 g/mol. The van der Waals surface area contributed by atoms with Crippen molar-refractivity contribution in [1.82, 2.24) is 10.6 Å². The molecular weight excluding hydrogens is 262 g/mol. The Kier molecular flexibility index (Phi) is 5.45. The van der Waals surface area contributed by atoms with Crippen LogP contribution in [0.25, 0.3) is 0 Å². The van der Waals surface area contributed by atoms with Gasteiger partial charge < -0.3 is 16.0 Å². The van der Waals surface area contributed by atoms with E-state index in [0.717, 1.165) is 12.2 Å². The summed E-state index contributed by atoms with van der Waals surface area (Å²) in [5.74, 6) is 0. The molecule has 0 aromatic heterocycles. The van der Waals surface area contributed by atoms with Crippen molar-refractivity contribution in [2.24, 2.45) is 0 Å². The largest absolute Gasteiger partial charge is 0.363 e. The number of thiocarbonyl (C=S) groups is 2. The van der Waals surface area contributed by atoms with Gasteiger partial charge in [-0.25, -0.2) is 0 Å². The summed E-state index contributed by atoms with van der Waals surface area (Å²) in [6.45, 7) is 2.72. The molecule has 86 valence electrons. The first-order chi connectivity index (χ1) is 7.61. The lowest BCUT2D eigenvalue weighted by Crippen LogP contribution is -2.41. The normalized spacial score (nSPS) is 9.38. The smallest absolute Gasteiger partial charge is 0.177 e. The van der Waals surface area contributed by atoms with Crippen molar-refractivity contribution >= 4 is 51.9 Å². The van der Waals surface area contributed by atoms with Crippen molar-refractivity contribution in [3.05, 3.63) is 29.3 Å². The minimum Gasteiger partial charge on any atom is -0.363 e. The van der Waals surface area contributed by atoms with Gasteiger partial charge in [0.1, 0.15) is 0 Å². The van der Waals surface area contributed by atoms with Crippen molar-refractivity contribution in [3.8, 4) is 0 Å². The summed E-state index contributed by atoms with van der Waals surface area (Å²) in [4.78, 5) is 0. The summed E-state index contributed by atoms with van der Waals surface area (Å²) in [6, 6.07) is 7.25. The van der Waals surface area contributed by atoms with E-state index in [1.165, 1.54) is 0 Å². The molecular formula is C10H12ClN3S2.